The predicted octanol–water partition coefficient (Wildman–Crippen LogP) is 3.86. The van der Waals surface area contributed by atoms with Gasteiger partial charge in [0.25, 0.3) is 0 Å². The zero-order valence-electron chi connectivity index (χ0n) is 19.1. The van der Waals surface area contributed by atoms with Crippen molar-refractivity contribution in [1.82, 2.24) is 0 Å². The summed E-state index contributed by atoms with van der Waals surface area (Å²) in [6, 6.07) is 2.29. The molecule has 13 heteroatoms. The van der Waals surface area contributed by atoms with E-state index in [2.05, 4.69) is 4.18 Å². The van der Waals surface area contributed by atoms with Crippen LogP contribution in [0.25, 0.3) is 0 Å². The highest BCUT2D eigenvalue weighted by atomic mass is 32.2. The first-order chi connectivity index (χ1) is 15.7. The maximum atomic E-state index is 13.0. The number of benzene rings is 2. The minimum Gasteiger partial charge on any atom is -0.492 e. The third-order valence-electron chi connectivity index (χ3n) is 5.06. The summed E-state index contributed by atoms with van der Waals surface area (Å²) in [6.45, 7) is 3.08. The molecule has 0 amide bonds. The highest BCUT2D eigenvalue weighted by Gasteiger charge is 2.49. The molecule has 2 aromatic carbocycles. The molecule has 0 radical (unpaired) electrons. The molecule has 0 unspecified atom stereocenters. The van der Waals surface area contributed by atoms with E-state index in [1.165, 1.54) is 41.4 Å². The lowest BCUT2D eigenvalue weighted by molar-refractivity contribution is -0.0500. The SMILES string of the molecule is COc1c(C)c(Cc2c(C)ccc(C(=O)O)c2OS(=O)(=O)C(F)(F)F)c(OC)c(OC)c1OC. The van der Waals surface area contributed by atoms with Crippen molar-refractivity contribution in [2.75, 3.05) is 28.4 Å². The van der Waals surface area contributed by atoms with E-state index >= 15 is 0 Å². The number of aryl methyl sites for hydroxylation is 1. The summed E-state index contributed by atoms with van der Waals surface area (Å²) in [5, 5.41) is 9.50. The average molecular weight is 508 g/mol. The summed E-state index contributed by atoms with van der Waals surface area (Å²) >= 11 is 0. The number of hydrogen-bond acceptors (Lipinski definition) is 8. The van der Waals surface area contributed by atoms with Gasteiger partial charge in [-0.1, -0.05) is 6.07 Å². The Morgan fingerprint density at radius 1 is 0.853 bits per heavy atom. The normalized spacial score (nSPS) is 11.7. The fraction of sp³-hybridized carbons (Fsp3) is 0.381. The molecule has 0 aliphatic carbocycles. The van der Waals surface area contributed by atoms with Crippen LogP contribution < -0.4 is 23.1 Å². The summed E-state index contributed by atoms with van der Waals surface area (Å²) in [5.74, 6) is -1.98. The second kappa shape index (κ2) is 9.87. The van der Waals surface area contributed by atoms with Gasteiger partial charge in [0.2, 0.25) is 11.5 Å². The lowest BCUT2D eigenvalue weighted by atomic mass is 9.93. The van der Waals surface area contributed by atoms with Gasteiger partial charge in [-0.15, -0.1) is 0 Å². The number of ether oxygens (including phenoxy) is 4. The minimum absolute atomic E-state index is 0.111. The first-order valence-corrected chi connectivity index (χ1v) is 10.9. The Hall–Kier alpha value is -3.35. The summed E-state index contributed by atoms with van der Waals surface area (Å²) in [5.41, 5.74) is -5.64. The van der Waals surface area contributed by atoms with Crippen LogP contribution in [-0.4, -0.2) is 53.4 Å². The number of aromatic carboxylic acids is 1. The van der Waals surface area contributed by atoms with Crippen molar-refractivity contribution in [1.29, 1.82) is 0 Å². The van der Waals surface area contributed by atoms with E-state index in [-0.39, 0.29) is 40.5 Å². The van der Waals surface area contributed by atoms with E-state index in [0.29, 0.717) is 11.1 Å². The number of alkyl halides is 3. The molecule has 0 aliphatic heterocycles. The Morgan fingerprint density at radius 2 is 1.35 bits per heavy atom. The minimum atomic E-state index is -6.16. The van der Waals surface area contributed by atoms with Gasteiger partial charge in [-0.3, -0.25) is 0 Å². The smallest absolute Gasteiger partial charge is 0.492 e. The summed E-state index contributed by atoms with van der Waals surface area (Å²) in [7, 11) is -0.782. The Labute approximate surface area is 194 Å². The van der Waals surface area contributed by atoms with Crippen LogP contribution in [0.5, 0.6) is 28.7 Å². The van der Waals surface area contributed by atoms with Gasteiger partial charge < -0.3 is 28.2 Å². The van der Waals surface area contributed by atoms with Crippen LogP contribution in [0.3, 0.4) is 0 Å². The first-order valence-electron chi connectivity index (χ1n) is 9.47. The topological polar surface area (TPSA) is 118 Å². The van der Waals surface area contributed by atoms with Crippen LogP contribution in [0.15, 0.2) is 12.1 Å². The Kier molecular flexibility index (Phi) is 7.81. The van der Waals surface area contributed by atoms with E-state index < -0.39 is 32.9 Å². The van der Waals surface area contributed by atoms with Gasteiger partial charge in [0.15, 0.2) is 17.2 Å². The van der Waals surface area contributed by atoms with Crippen molar-refractivity contribution in [3.05, 3.63) is 39.9 Å². The van der Waals surface area contributed by atoms with Crippen molar-refractivity contribution in [2.24, 2.45) is 0 Å². The molecule has 0 bridgehead atoms. The van der Waals surface area contributed by atoms with Crippen molar-refractivity contribution >= 4 is 16.1 Å². The predicted molar refractivity (Wildman–Crippen MR) is 114 cm³/mol. The fourth-order valence-electron chi connectivity index (χ4n) is 3.41. The fourth-order valence-corrected chi connectivity index (χ4v) is 3.91. The number of rotatable bonds is 9. The highest BCUT2D eigenvalue weighted by molar-refractivity contribution is 7.88. The molecule has 1 N–H and O–H groups in total. The number of carboxylic acids is 1. The van der Waals surface area contributed by atoms with Gasteiger partial charge in [-0.25, -0.2) is 4.79 Å². The molecule has 0 fully saturated rings. The maximum Gasteiger partial charge on any atom is 0.534 e. The van der Waals surface area contributed by atoms with Gasteiger partial charge in [-0.2, -0.15) is 21.6 Å². The summed E-state index contributed by atoms with van der Waals surface area (Å²) in [6.07, 6.45) is -0.290. The summed E-state index contributed by atoms with van der Waals surface area (Å²) < 4.78 is 88.6. The zero-order valence-corrected chi connectivity index (χ0v) is 19.9. The van der Waals surface area contributed by atoms with Gasteiger partial charge in [0, 0.05) is 23.1 Å². The third-order valence-corrected chi connectivity index (χ3v) is 6.01. The summed E-state index contributed by atoms with van der Waals surface area (Å²) in [4.78, 5) is 11.7. The lowest BCUT2D eigenvalue weighted by Crippen LogP contribution is -2.29. The van der Waals surface area contributed by atoms with Crippen LogP contribution in [0, 0.1) is 13.8 Å². The first kappa shape index (κ1) is 26.9. The number of halogens is 3. The molecular weight excluding hydrogens is 485 g/mol. The Morgan fingerprint density at radius 3 is 1.79 bits per heavy atom. The second-order valence-electron chi connectivity index (χ2n) is 6.94. The molecule has 2 rings (SSSR count). The largest absolute Gasteiger partial charge is 0.534 e. The molecule has 0 saturated carbocycles. The van der Waals surface area contributed by atoms with Crippen molar-refractivity contribution in [3.8, 4) is 28.7 Å². The highest BCUT2D eigenvalue weighted by Crippen LogP contribution is 2.50. The van der Waals surface area contributed by atoms with Crippen molar-refractivity contribution < 1.29 is 54.6 Å². The molecule has 0 aromatic heterocycles. The van der Waals surface area contributed by atoms with Crippen LogP contribution >= 0.6 is 0 Å². The molecule has 0 spiro atoms. The number of methoxy groups -OCH3 is 4. The molecular formula is C21H23F3O9S. The lowest BCUT2D eigenvalue weighted by Gasteiger charge is -2.23. The Bertz CT molecular complexity index is 1210. The molecule has 34 heavy (non-hydrogen) atoms. The quantitative estimate of drug-likeness (QED) is 0.398. The molecule has 0 saturated heterocycles. The van der Waals surface area contributed by atoms with E-state index in [9.17, 15) is 31.5 Å². The maximum absolute atomic E-state index is 13.0. The second-order valence-corrected chi connectivity index (χ2v) is 8.48. The Balaban J connectivity index is 2.90. The zero-order chi connectivity index (χ0) is 26.0. The standard InChI is InChI=1S/C21H23F3O9S/c1-10-7-8-12(20(25)26)16(33-34(27,28)21(22,23)24)13(10)9-14-11(2)15(29-3)18(31-5)19(32-6)17(14)30-4/h7-8H,9H2,1-6H3,(H,25,26). The van der Waals surface area contributed by atoms with Crippen LogP contribution in [0.2, 0.25) is 0 Å². The molecule has 0 atom stereocenters. The van der Waals surface area contributed by atoms with Crippen molar-refractivity contribution in [2.45, 2.75) is 25.8 Å². The van der Waals surface area contributed by atoms with E-state index in [0.717, 1.165) is 6.07 Å². The van der Waals surface area contributed by atoms with Crippen LogP contribution in [0.1, 0.15) is 32.6 Å². The molecule has 0 aliphatic rings. The van der Waals surface area contributed by atoms with Gasteiger partial charge in [0.05, 0.1) is 28.4 Å². The number of carbonyl (C=O) groups is 1. The number of carboxylic acid groups (broad SMARTS) is 1. The number of hydrogen-bond donors (Lipinski definition) is 1. The van der Waals surface area contributed by atoms with Crippen molar-refractivity contribution in [3.63, 3.8) is 0 Å². The van der Waals surface area contributed by atoms with Gasteiger partial charge in [-0.05, 0) is 25.5 Å². The van der Waals surface area contributed by atoms with Gasteiger partial charge >= 0.3 is 21.6 Å². The molecule has 188 valence electrons. The van der Waals surface area contributed by atoms with E-state index in [1.54, 1.807) is 6.92 Å². The molecule has 2 aromatic rings. The van der Waals surface area contributed by atoms with Crippen LogP contribution in [0.4, 0.5) is 13.2 Å². The third kappa shape index (κ3) is 4.79. The van der Waals surface area contributed by atoms with Gasteiger partial charge in [0.1, 0.15) is 5.56 Å². The van der Waals surface area contributed by atoms with E-state index in [4.69, 9.17) is 18.9 Å². The van der Waals surface area contributed by atoms with Crippen LogP contribution in [-0.2, 0) is 16.5 Å². The average Bonchev–Trinajstić information content (AvgIpc) is 2.74. The molecule has 0 heterocycles. The monoisotopic (exact) mass is 508 g/mol. The molecule has 9 nitrogen and oxygen atoms in total. The van der Waals surface area contributed by atoms with E-state index in [1.807, 2.05) is 0 Å².